The summed E-state index contributed by atoms with van der Waals surface area (Å²) < 4.78 is 28.9. The largest absolute Gasteiger partial charge is 0.507 e. The molecular weight excluding hydrogens is 444 g/mol. The second-order valence-corrected chi connectivity index (χ2v) is 13.3. The van der Waals surface area contributed by atoms with E-state index in [0.717, 1.165) is 42.4 Å². The molecule has 5 nitrogen and oxygen atoms in total. The van der Waals surface area contributed by atoms with Crippen molar-refractivity contribution in [2.24, 2.45) is 4.99 Å². The Bertz CT molecular complexity index is 1140. The number of nitrogens with one attached hydrogen (secondary N) is 1. The molecule has 0 heterocycles. The summed E-state index contributed by atoms with van der Waals surface area (Å²) in [7, 11) is -3.63. The SMILES string of the molecule is Cc1ccc(S(=O)(=O)NC2CCCCC2N=Cc2cc(C(C)(C)C)cc(C(C)(C)C)c2O)cc1. The Hall–Kier alpha value is -2.18. The molecule has 2 atom stereocenters. The topological polar surface area (TPSA) is 78.8 Å². The van der Waals surface area contributed by atoms with Crippen molar-refractivity contribution < 1.29 is 13.5 Å². The maximum absolute atomic E-state index is 13.0. The van der Waals surface area contributed by atoms with Crippen LogP contribution in [0.2, 0.25) is 0 Å². The van der Waals surface area contributed by atoms with Crippen molar-refractivity contribution in [2.45, 2.75) is 102 Å². The molecule has 0 amide bonds. The zero-order valence-electron chi connectivity index (χ0n) is 21.6. The van der Waals surface area contributed by atoms with Gasteiger partial charge in [-0.2, -0.15) is 0 Å². The van der Waals surface area contributed by atoms with Crippen LogP contribution in [0.15, 0.2) is 46.3 Å². The fourth-order valence-corrected chi connectivity index (χ4v) is 5.65. The standard InChI is InChI=1S/C28H40N2O3S/c1-19-12-14-22(15-13-19)34(32,33)30-25-11-9-8-10-24(25)29-18-20-16-21(27(2,3)4)17-23(26(20)31)28(5,6)7/h12-18,24-25,30-31H,8-11H2,1-7H3. The predicted octanol–water partition coefficient (Wildman–Crippen LogP) is 6.00. The van der Waals surface area contributed by atoms with Crippen molar-refractivity contribution in [3.05, 3.63) is 58.7 Å². The second kappa shape index (κ2) is 9.82. The Morgan fingerprint density at radius 2 is 1.59 bits per heavy atom. The van der Waals surface area contributed by atoms with Crippen molar-refractivity contribution in [1.82, 2.24) is 4.72 Å². The van der Waals surface area contributed by atoms with Crippen LogP contribution in [0.4, 0.5) is 0 Å². The molecule has 2 unspecified atom stereocenters. The van der Waals surface area contributed by atoms with Gasteiger partial charge in [0.05, 0.1) is 10.9 Å². The summed E-state index contributed by atoms with van der Waals surface area (Å²) in [5.74, 6) is 0.247. The first-order chi connectivity index (χ1) is 15.7. The molecule has 2 aromatic rings. The highest BCUT2D eigenvalue weighted by Crippen LogP contribution is 2.37. The molecule has 2 aromatic carbocycles. The van der Waals surface area contributed by atoms with Gasteiger partial charge in [0.1, 0.15) is 5.75 Å². The van der Waals surface area contributed by atoms with E-state index in [-0.39, 0.29) is 33.6 Å². The molecule has 1 saturated carbocycles. The van der Waals surface area contributed by atoms with E-state index in [4.69, 9.17) is 4.99 Å². The smallest absolute Gasteiger partial charge is 0.240 e. The van der Waals surface area contributed by atoms with Gasteiger partial charge in [-0.3, -0.25) is 4.99 Å². The first-order valence-corrected chi connectivity index (χ1v) is 13.7. The lowest BCUT2D eigenvalue weighted by Crippen LogP contribution is -2.44. The first kappa shape index (κ1) is 26.4. The quantitative estimate of drug-likeness (QED) is 0.511. The zero-order valence-corrected chi connectivity index (χ0v) is 22.5. The van der Waals surface area contributed by atoms with E-state index in [1.54, 1.807) is 18.3 Å². The molecule has 186 valence electrons. The number of aromatic hydroxyl groups is 1. The number of aliphatic imine (C=N–C) groups is 1. The highest BCUT2D eigenvalue weighted by Gasteiger charge is 2.30. The monoisotopic (exact) mass is 484 g/mol. The minimum absolute atomic E-state index is 0.0761. The number of benzene rings is 2. The Balaban J connectivity index is 1.91. The number of nitrogens with zero attached hydrogens (tertiary/aromatic N) is 1. The van der Waals surface area contributed by atoms with Gasteiger partial charge < -0.3 is 5.11 Å². The molecule has 0 aliphatic heterocycles. The lowest BCUT2D eigenvalue weighted by atomic mass is 9.79. The number of hydrogen-bond acceptors (Lipinski definition) is 4. The minimum Gasteiger partial charge on any atom is -0.507 e. The lowest BCUT2D eigenvalue weighted by Gasteiger charge is -2.30. The molecular formula is C28H40N2O3S. The van der Waals surface area contributed by atoms with Crippen LogP contribution < -0.4 is 4.72 Å². The van der Waals surface area contributed by atoms with Crippen LogP contribution in [0.1, 0.15) is 89.5 Å². The summed E-state index contributed by atoms with van der Waals surface area (Å²) in [6.45, 7) is 14.7. The number of hydrogen-bond donors (Lipinski definition) is 2. The van der Waals surface area contributed by atoms with Crippen LogP contribution in [-0.2, 0) is 20.9 Å². The molecule has 1 aliphatic carbocycles. The number of sulfonamides is 1. The van der Waals surface area contributed by atoms with Gasteiger partial charge in [-0.1, -0.05) is 78.1 Å². The molecule has 0 saturated heterocycles. The van der Waals surface area contributed by atoms with Gasteiger partial charge in [0, 0.05) is 23.4 Å². The second-order valence-electron chi connectivity index (χ2n) is 11.6. The highest BCUT2D eigenvalue weighted by molar-refractivity contribution is 7.89. The molecule has 0 bridgehead atoms. The third kappa shape index (κ3) is 6.28. The van der Waals surface area contributed by atoms with Crippen molar-refractivity contribution in [2.75, 3.05) is 0 Å². The van der Waals surface area contributed by atoms with E-state index in [2.05, 4.69) is 52.3 Å². The summed E-state index contributed by atoms with van der Waals surface area (Å²) in [6.07, 6.45) is 5.26. The van der Waals surface area contributed by atoms with Gasteiger partial charge >= 0.3 is 0 Å². The number of phenols is 1. The van der Waals surface area contributed by atoms with Crippen LogP contribution >= 0.6 is 0 Å². The molecule has 3 rings (SSSR count). The molecule has 1 aliphatic rings. The molecule has 0 aromatic heterocycles. The van der Waals surface area contributed by atoms with Gasteiger partial charge in [0.15, 0.2) is 0 Å². The Morgan fingerprint density at radius 3 is 2.18 bits per heavy atom. The van der Waals surface area contributed by atoms with Gasteiger partial charge in [-0.25, -0.2) is 13.1 Å². The summed E-state index contributed by atoms with van der Waals surface area (Å²) >= 11 is 0. The normalized spacial score (nSPS) is 20.1. The Labute approximate surface area is 205 Å². The van der Waals surface area contributed by atoms with Crippen LogP contribution in [0, 0.1) is 6.92 Å². The van der Waals surface area contributed by atoms with Gasteiger partial charge in [0.2, 0.25) is 10.0 Å². The highest BCUT2D eigenvalue weighted by atomic mass is 32.2. The lowest BCUT2D eigenvalue weighted by molar-refractivity contribution is 0.363. The summed E-state index contributed by atoms with van der Waals surface area (Å²) in [5.41, 5.74) is 3.44. The summed E-state index contributed by atoms with van der Waals surface area (Å²) in [6, 6.07) is 10.5. The molecule has 0 radical (unpaired) electrons. The molecule has 2 N–H and O–H groups in total. The van der Waals surface area contributed by atoms with Crippen molar-refractivity contribution in [3.8, 4) is 5.75 Å². The fourth-order valence-electron chi connectivity index (χ4n) is 4.35. The first-order valence-electron chi connectivity index (χ1n) is 12.2. The van der Waals surface area contributed by atoms with Crippen LogP contribution in [-0.4, -0.2) is 31.8 Å². The minimum atomic E-state index is -3.63. The average Bonchev–Trinajstić information content (AvgIpc) is 2.72. The predicted molar refractivity (Wildman–Crippen MR) is 141 cm³/mol. The van der Waals surface area contributed by atoms with Gasteiger partial charge in [-0.15, -0.1) is 0 Å². The van der Waals surface area contributed by atoms with E-state index in [1.807, 2.05) is 25.1 Å². The van der Waals surface area contributed by atoms with E-state index in [1.165, 1.54) is 0 Å². The number of phenolic OH excluding ortho intramolecular Hbond substituents is 1. The fraction of sp³-hybridized carbons (Fsp3) is 0.536. The summed E-state index contributed by atoms with van der Waals surface area (Å²) in [4.78, 5) is 5.10. The van der Waals surface area contributed by atoms with Crippen molar-refractivity contribution in [3.63, 3.8) is 0 Å². The van der Waals surface area contributed by atoms with Crippen molar-refractivity contribution in [1.29, 1.82) is 0 Å². The van der Waals surface area contributed by atoms with Crippen LogP contribution in [0.5, 0.6) is 5.75 Å². The van der Waals surface area contributed by atoms with Gasteiger partial charge in [-0.05, 0) is 54.4 Å². The molecule has 34 heavy (non-hydrogen) atoms. The average molecular weight is 485 g/mol. The van der Waals surface area contributed by atoms with E-state index in [9.17, 15) is 13.5 Å². The Kier molecular flexibility index (Phi) is 7.63. The number of rotatable bonds is 5. The van der Waals surface area contributed by atoms with E-state index >= 15 is 0 Å². The Morgan fingerprint density at radius 1 is 0.971 bits per heavy atom. The van der Waals surface area contributed by atoms with Gasteiger partial charge in [0.25, 0.3) is 0 Å². The maximum Gasteiger partial charge on any atom is 0.240 e. The zero-order chi connectivity index (χ0) is 25.3. The molecule has 1 fully saturated rings. The molecule has 0 spiro atoms. The number of aryl methyl sites for hydroxylation is 1. The van der Waals surface area contributed by atoms with Crippen LogP contribution in [0.3, 0.4) is 0 Å². The van der Waals surface area contributed by atoms with Crippen LogP contribution in [0.25, 0.3) is 0 Å². The third-order valence-corrected chi connectivity index (χ3v) is 8.09. The summed E-state index contributed by atoms with van der Waals surface area (Å²) in [5, 5.41) is 11.1. The van der Waals surface area contributed by atoms with E-state index < -0.39 is 10.0 Å². The van der Waals surface area contributed by atoms with E-state index in [0.29, 0.717) is 5.56 Å². The van der Waals surface area contributed by atoms with Crippen molar-refractivity contribution >= 4 is 16.2 Å². The maximum atomic E-state index is 13.0. The molecule has 6 heteroatoms. The third-order valence-electron chi connectivity index (χ3n) is 6.59.